The van der Waals surface area contributed by atoms with Crippen LogP contribution < -0.4 is 0 Å². The van der Waals surface area contributed by atoms with Crippen LogP contribution >= 0.6 is 11.5 Å². The van der Waals surface area contributed by atoms with E-state index >= 15 is 0 Å². The van der Waals surface area contributed by atoms with Crippen molar-refractivity contribution in [2.45, 2.75) is 6.18 Å². The van der Waals surface area contributed by atoms with Crippen LogP contribution in [0.5, 0.6) is 0 Å². The summed E-state index contributed by atoms with van der Waals surface area (Å²) in [5, 5.41) is 0.645. The highest BCUT2D eigenvalue weighted by Crippen LogP contribution is 2.31. The molecule has 1 aromatic carbocycles. The minimum absolute atomic E-state index is 0.551. The molecule has 18 heavy (non-hydrogen) atoms. The molecule has 0 amide bonds. The molecule has 0 aliphatic carbocycles. The van der Waals surface area contributed by atoms with Gasteiger partial charge in [-0.15, -0.1) is 0 Å². The first-order chi connectivity index (χ1) is 8.54. The maximum absolute atomic E-state index is 12.4. The van der Waals surface area contributed by atoms with Gasteiger partial charge in [0, 0.05) is 18.0 Å². The summed E-state index contributed by atoms with van der Waals surface area (Å²) in [5.41, 5.74) is -0.00826. The average molecular weight is 269 g/mol. The average Bonchev–Trinajstić information content (AvgIpc) is 2.88. The normalized spacial score (nSPS) is 12.2. The molecule has 0 N–H and O–H groups in total. The molecule has 0 saturated carbocycles. The molecule has 0 bridgehead atoms. The van der Waals surface area contributed by atoms with Gasteiger partial charge in [0.2, 0.25) is 5.78 Å². The summed E-state index contributed by atoms with van der Waals surface area (Å²) in [6.45, 7) is 0. The van der Waals surface area contributed by atoms with Crippen molar-refractivity contribution < 1.29 is 13.2 Å². The van der Waals surface area contributed by atoms with Crippen molar-refractivity contribution in [3.8, 4) is 10.6 Å². The third kappa shape index (κ3) is 1.86. The first kappa shape index (κ1) is 11.2. The van der Waals surface area contributed by atoms with Gasteiger partial charge in [0.15, 0.2) is 0 Å². The molecule has 0 saturated heterocycles. The quantitative estimate of drug-likeness (QED) is 0.677. The van der Waals surface area contributed by atoms with Gasteiger partial charge in [-0.1, -0.05) is 12.1 Å². The molecule has 3 rings (SSSR count). The topological polar surface area (TPSA) is 30.2 Å². The van der Waals surface area contributed by atoms with E-state index in [4.69, 9.17) is 0 Å². The molecule has 0 aliphatic heterocycles. The lowest BCUT2D eigenvalue weighted by Gasteiger charge is -2.06. The Morgan fingerprint density at radius 2 is 1.83 bits per heavy atom. The van der Waals surface area contributed by atoms with E-state index in [1.54, 1.807) is 16.2 Å². The lowest BCUT2D eigenvalue weighted by atomic mass is 10.1. The van der Waals surface area contributed by atoms with Gasteiger partial charge in [0.1, 0.15) is 5.01 Å². The zero-order valence-corrected chi connectivity index (χ0v) is 9.66. The zero-order chi connectivity index (χ0) is 12.8. The van der Waals surface area contributed by atoms with Crippen LogP contribution in [0.1, 0.15) is 5.56 Å². The molecule has 3 aromatic rings. The third-order valence-electron chi connectivity index (χ3n) is 2.43. The minimum atomic E-state index is -4.31. The van der Waals surface area contributed by atoms with Crippen LogP contribution in [0.15, 0.2) is 36.7 Å². The number of benzene rings is 1. The van der Waals surface area contributed by atoms with Gasteiger partial charge in [-0.25, -0.2) is 8.77 Å². The molecule has 92 valence electrons. The zero-order valence-electron chi connectivity index (χ0n) is 8.85. The fraction of sp³-hybridized carbons (Fsp3) is 0.0909. The predicted molar refractivity (Wildman–Crippen MR) is 61.3 cm³/mol. The van der Waals surface area contributed by atoms with E-state index in [1.807, 2.05) is 0 Å². The van der Waals surface area contributed by atoms with Gasteiger partial charge < -0.3 is 0 Å². The first-order valence-electron chi connectivity index (χ1n) is 5.02. The molecule has 0 aliphatic rings. The van der Waals surface area contributed by atoms with Crippen LogP contribution in [0.4, 0.5) is 13.2 Å². The molecular formula is C11H6F3N3S. The molecule has 3 nitrogen and oxygen atoms in total. The van der Waals surface area contributed by atoms with Gasteiger partial charge in [0.05, 0.1) is 5.56 Å². The Labute approximate surface area is 104 Å². The highest BCUT2D eigenvalue weighted by Gasteiger charge is 2.30. The number of nitrogens with zero attached hydrogens (tertiary/aromatic N) is 3. The number of rotatable bonds is 1. The van der Waals surface area contributed by atoms with Gasteiger partial charge >= 0.3 is 6.18 Å². The Kier molecular flexibility index (Phi) is 2.37. The molecular weight excluding hydrogens is 263 g/mol. The monoisotopic (exact) mass is 269 g/mol. The van der Waals surface area contributed by atoms with Crippen LogP contribution in [-0.2, 0) is 6.18 Å². The van der Waals surface area contributed by atoms with Crippen molar-refractivity contribution in [1.29, 1.82) is 0 Å². The van der Waals surface area contributed by atoms with Gasteiger partial charge in [-0.2, -0.15) is 18.2 Å². The lowest BCUT2D eigenvalue weighted by Crippen LogP contribution is -2.03. The Morgan fingerprint density at radius 1 is 1.11 bits per heavy atom. The summed E-state index contributed by atoms with van der Waals surface area (Å²) >= 11 is 1.33. The maximum Gasteiger partial charge on any atom is 0.416 e. The maximum atomic E-state index is 12.4. The van der Waals surface area contributed by atoms with E-state index < -0.39 is 11.7 Å². The summed E-state index contributed by atoms with van der Waals surface area (Å²) in [4.78, 5) is 8.23. The van der Waals surface area contributed by atoms with Crippen molar-refractivity contribution in [1.82, 2.24) is 13.8 Å². The standard InChI is InChI=1S/C11H6F3N3S/c12-11(13,14)8-3-1-7(2-4-8)9-16-10-15-5-6-17(10)18-9/h1-6H. The first-order valence-corrected chi connectivity index (χ1v) is 5.79. The third-order valence-corrected chi connectivity index (χ3v) is 3.42. The predicted octanol–water partition coefficient (Wildman–Crippen LogP) is 3.48. The Balaban J connectivity index is 2.00. The van der Waals surface area contributed by atoms with Crippen LogP contribution in [-0.4, -0.2) is 13.8 Å². The van der Waals surface area contributed by atoms with Gasteiger partial charge in [0.25, 0.3) is 0 Å². The van der Waals surface area contributed by atoms with E-state index in [9.17, 15) is 13.2 Å². The summed E-state index contributed by atoms with van der Waals surface area (Å²) in [5.74, 6) is 0.551. The molecule has 0 radical (unpaired) electrons. The number of imidazole rings is 1. The van der Waals surface area contributed by atoms with Crippen LogP contribution in [0.3, 0.4) is 0 Å². The molecule has 2 heterocycles. The second-order valence-electron chi connectivity index (χ2n) is 3.64. The van der Waals surface area contributed by atoms with E-state index in [0.717, 1.165) is 12.1 Å². The van der Waals surface area contributed by atoms with Crippen molar-refractivity contribution in [3.63, 3.8) is 0 Å². The van der Waals surface area contributed by atoms with Gasteiger partial charge in [-0.05, 0) is 23.7 Å². The SMILES string of the molecule is FC(F)(F)c1ccc(-c2nc3nccn3s2)cc1. The van der Waals surface area contributed by atoms with E-state index in [0.29, 0.717) is 16.3 Å². The van der Waals surface area contributed by atoms with E-state index in [1.165, 1.54) is 23.7 Å². The summed E-state index contributed by atoms with van der Waals surface area (Å²) in [6, 6.07) is 4.95. The van der Waals surface area contributed by atoms with Gasteiger partial charge in [-0.3, -0.25) is 0 Å². The molecule has 0 unspecified atom stereocenters. The van der Waals surface area contributed by atoms with Crippen molar-refractivity contribution >= 4 is 17.3 Å². The molecule has 2 aromatic heterocycles. The van der Waals surface area contributed by atoms with Crippen molar-refractivity contribution in [2.24, 2.45) is 0 Å². The highest BCUT2D eigenvalue weighted by molar-refractivity contribution is 7.10. The molecule has 0 spiro atoms. The molecule has 7 heteroatoms. The minimum Gasteiger partial charge on any atom is -0.237 e. The summed E-state index contributed by atoms with van der Waals surface area (Å²) < 4.78 is 39.0. The van der Waals surface area contributed by atoms with Crippen molar-refractivity contribution in [3.05, 3.63) is 42.2 Å². The summed E-state index contributed by atoms with van der Waals surface area (Å²) in [7, 11) is 0. The van der Waals surface area contributed by atoms with Crippen LogP contribution in [0, 0.1) is 0 Å². The van der Waals surface area contributed by atoms with E-state index in [-0.39, 0.29) is 0 Å². The number of fused-ring (bicyclic) bond motifs is 1. The van der Waals surface area contributed by atoms with Crippen LogP contribution in [0.25, 0.3) is 16.3 Å². The fourth-order valence-corrected chi connectivity index (χ4v) is 2.39. The van der Waals surface area contributed by atoms with Crippen molar-refractivity contribution in [2.75, 3.05) is 0 Å². The fourth-order valence-electron chi connectivity index (χ4n) is 1.56. The number of aromatic nitrogens is 3. The number of halogens is 3. The smallest absolute Gasteiger partial charge is 0.237 e. The van der Waals surface area contributed by atoms with E-state index in [2.05, 4.69) is 9.97 Å². The summed E-state index contributed by atoms with van der Waals surface area (Å²) in [6.07, 6.45) is -0.939. The highest BCUT2D eigenvalue weighted by atomic mass is 32.1. The molecule has 0 atom stereocenters. The second kappa shape index (κ2) is 3.81. The number of alkyl halides is 3. The Bertz CT molecular complexity index is 653. The second-order valence-corrected chi connectivity index (χ2v) is 4.60. The Morgan fingerprint density at radius 3 is 2.44 bits per heavy atom. The largest absolute Gasteiger partial charge is 0.416 e. The number of hydrogen-bond donors (Lipinski definition) is 0. The molecule has 0 fully saturated rings. The Hall–Kier alpha value is -1.89. The lowest BCUT2D eigenvalue weighted by molar-refractivity contribution is -0.137. The number of hydrogen-bond acceptors (Lipinski definition) is 3. The van der Waals surface area contributed by atoms with Crippen LogP contribution in [0.2, 0.25) is 0 Å².